The van der Waals surface area contributed by atoms with Crippen molar-refractivity contribution in [3.05, 3.63) is 63.6 Å². The van der Waals surface area contributed by atoms with Crippen molar-refractivity contribution in [1.82, 2.24) is 0 Å². The first-order valence-corrected chi connectivity index (χ1v) is 6.50. The Labute approximate surface area is 115 Å². The van der Waals surface area contributed by atoms with Gasteiger partial charge in [-0.25, -0.2) is 0 Å². The molecule has 18 heavy (non-hydrogen) atoms. The molecule has 1 atom stereocenters. The molecule has 0 bridgehead atoms. The highest BCUT2D eigenvalue weighted by atomic mass is 79.9. The van der Waals surface area contributed by atoms with Crippen molar-refractivity contribution < 1.29 is 9.84 Å². The minimum absolute atomic E-state index is 0.634. The van der Waals surface area contributed by atoms with E-state index in [1.807, 2.05) is 49.4 Å². The molecule has 0 radical (unpaired) electrons. The number of halogens is 1. The van der Waals surface area contributed by atoms with Gasteiger partial charge in [0.05, 0.1) is 7.11 Å². The molecule has 0 saturated heterocycles. The SMILES string of the molecule is COc1ccc(C(O)c2ccccc2Br)cc1C. The average molecular weight is 307 g/mol. The predicted octanol–water partition coefficient (Wildman–Crippen LogP) is 3.85. The molecule has 0 aliphatic carbocycles. The summed E-state index contributed by atoms with van der Waals surface area (Å²) < 4.78 is 6.13. The number of aliphatic hydroxyl groups is 1. The molecule has 1 N–H and O–H groups in total. The van der Waals surface area contributed by atoms with Crippen LogP contribution in [0.15, 0.2) is 46.9 Å². The molecule has 2 aromatic carbocycles. The lowest BCUT2D eigenvalue weighted by Gasteiger charge is -2.15. The zero-order chi connectivity index (χ0) is 13.1. The molecule has 0 spiro atoms. The van der Waals surface area contributed by atoms with Gasteiger partial charge in [0.2, 0.25) is 0 Å². The maximum Gasteiger partial charge on any atom is 0.121 e. The third-order valence-corrected chi connectivity index (χ3v) is 3.66. The first kappa shape index (κ1) is 13.1. The Balaban J connectivity index is 2.37. The Morgan fingerprint density at radius 1 is 1.17 bits per heavy atom. The lowest BCUT2D eigenvalue weighted by atomic mass is 10.00. The molecular weight excluding hydrogens is 292 g/mol. The van der Waals surface area contributed by atoms with Crippen LogP contribution in [0.2, 0.25) is 0 Å². The molecule has 0 fully saturated rings. The van der Waals surface area contributed by atoms with E-state index in [1.165, 1.54) is 0 Å². The summed E-state index contributed by atoms with van der Waals surface area (Å²) in [4.78, 5) is 0. The third kappa shape index (κ3) is 2.57. The Hall–Kier alpha value is -1.32. The van der Waals surface area contributed by atoms with E-state index in [0.29, 0.717) is 0 Å². The van der Waals surface area contributed by atoms with Gasteiger partial charge in [-0.05, 0) is 41.8 Å². The van der Waals surface area contributed by atoms with Gasteiger partial charge in [0.1, 0.15) is 11.9 Å². The molecule has 2 nitrogen and oxygen atoms in total. The summed E-state index contributed by atoms with van der Waals surface area (Å²) in [6, 6.07) is 13.4. The lowest BCUT2D eigenvalue weighted by Crippen LogP contribution is -2.01. The molecule has 0 saturated carbocycles. The monoisotopic (exact) mass is 306 g/mol. The minimum Gasteiger partial charge on any atom is -0.496 e. The molecule has 1 unspecified atom stereocenters. The van der Waals surface area contributed by atoms with E-state index in [4.69, 9.17) is 4.74 Å². The van der Waals surface area contributed by atoms with Crippen molar-refractivity contribution in [1.29, 1.82) is 0 Å². The number of hydrogen-bond donors (Lipinski definition) is 1. The fourth-order valence-corrected chi connectivity index (χ4v) is 2.45. The molecule has 0 aromatic heterocycles. The molecule has 2 rings (SSSR count). The first-order chi connectivity index (χ1) is 8.63. The number of methoxy groups -OCH3 is 1. The number of hydrogen-bond acceptors (Lipinski definition) is 2. The lowest BCUT2D eigenvalue weighted by molar-refractivity contribution is 0.219. The molecule has 2 aromatic rings. The summed E-state index contributed by atoms with van der Waals surface area (Å²) in [6.07, 6.45) is -0.634. The van der Waals surface area contributed by atoms with Crippen LogP contribution in [0, 0.1) is 6.92 Å². The molecule has 3 heteroatoms. The molecular formula is C15H15BrO2. The number of aliphatic hydroxyl groups excluding tert-OH is 1. The van der Waals surface area contributed by atoms with Crippen LogP contribution in [-0.4, -0.2) is 12.2 Å². The standard InChI is InChI=1S/C15H15BrO2/c1-10-9-11(7-8-14(10)18-2)15(17)12-5-3-4-6-13(12)16/h3-9,15,17H,1-2H3. The molecule has 0 aliphatic heterocycles. The Bertz CT molecular complexity index is 552. The largest absolute Gasteiger partial charge is 0.496 e. The van der Waals surface area contributed by atoms with Gasteiger partial charge in [0.25, 0.3) is 0 Å². The van der Waals surface area contributed by atoms with E-state index < -0.39 is 6.10 Å². The van der Waals surface area contributed by atoms with Gasteiger partial charge in [0, 0.05) is 4.47 Å². The second-order valence-corrected chi connectivity index (χ2v) is 5.01. The van der Waals surface area contributed by atoms with E-state index in [0.717, 1.165) is 26.9 Å². The van der Waals surface area contributed by atoms with Crippen LogP contribution in [0.1, 0.15) is 22.8 Å². The first-order valence-electron chi connectivity index (χ1n) is 5.70. The summed E-state index contributed by atoms with van der Waals surface area (Å²) in [5, 5.41) is 10.4. The van der Waals surface area contributed by atoms with Crippen LogP contribution in [0.5, 0.6) is 5.75 Å². The Morgan fingerprint density at radius 3 is 2.50 bits per heavy atom. The fourth-order valence-electron chi connectivity index (χ4n) is 1.95. The van der Waals surface area contributed by atoms with Gasteiger partial charge < -0.3 is 9.84 Å². The second kappa shape index (κ2) is 5.55. The number of rotatable bonds is 3. The maximum atomic E-state index is 10.4. The highest BCUT2D eigenvalue weighted by molar-refractivity contribution is 9.10. The number of benzene rings is 2. The highest BCUT2D eigenvalue weighted by Gasteiger charge is 2.14. The van der Waals surface area contributed by atoms with E-state index in [1.54, 1.807) is 7.11 Å². The van der Waals surface area contributed by atoms with Crippen LogP contribution in [-0.2, 0) is 0 Å². The summed E-state index contributed by atoms with van der Waals surface area (Å²) in [6.45, 7) is 1.97. The van der Waals surface area contributed by atoms with Crippen molar-refractivity contribution >= 4 is 15.9 Å². The van der Waals surface area contributed by atoms with Crippen LogP contribution in [0.3, 0.4) is 0 Å². The second-order valence-electron chi connectivity index (χ2n) is 4.15. The van der Waals surface area contributed by atoms with E-state index in [9.17, 15) is 5.11 Å². The van der Waals surface area contributed by atoms with Crippen molar-refractivity contribution in [3.63, 3.8) is 0 Å². The maximum absolute atomic E-state index is 10.4. The van der Waals surface area contributed by atoms with E-state index in [2.05, 4.69) is 15.9 Å². The fraction of sp³-hybridized carbons (Fsp3) is 0.200. The van der Waals surface area contributed by atoms with Crippen molar-refractivity contribution in [2.24, 2.45) is 0 Å². The van der Waals surface area contributed by atoms with Gasteiger partial charge in [0.15, 0.2) is 0 Å². The summed E-state index contributed by atoms with van der Waals surface area (Å²) >= 11 is 3.46. The zero-order valence-corrected chi connectivity index (χ0v) is 11.9. The normalized spacial score (nSPS) is 12.2. The minimum atomic E-state index is -0.634. The zero-order valence-electron chi connectivity index (χ0n) is 10.4. The third-order valence-electron chi connectivity index (χ3n) is 2.93. The van der Waals surface area contributed by atoms with Gasteiger partial charge >= 0.3 is 0 Å². The van der Waals surface area contributed by atoms with Crippen LogP contribution >= 0.6 is 15.9 Å². The van der Waals surface area contributed by atoms with Crippen molar-refractivity contribution in [2.75, 3.05) is 7.11 Å². The number of ether oxygens (including phenoxy) is 1. The summed E-state index contributed by atoms with van der Waals surface area (Å²) in [7, 11) is 1.65. The van der Waals surface area contributed by atoms with Gasteiger partial charge in [-0.2, -0.15) is 0 Å². The van der Waals surface area contributed by atoms with E-state index in [-0.39, 0.29) is 0 Å². The van der Waals surface area contributed by atoms with Crippen LogP contribution in [0.25, 0.3) is 0 Å². The Morgan fingerprint density at radius 2 is 1.89 bits per heavy atom. The van der Waals surface area contributed by atoms with Gasteiger partial charge in [-0.3, -0.25) is 0 Å². The van der Waals surface area contributed by atoms with Crippen LogP contribution in [0.4, 0.5) is 0 Å². The van der Waals surface area contributed by atoms with Gasteiger partial charge in [-0.15, -0.1) is 0 Å². The number of aryl methyl sites for hydroxylation is 1. The molecule has 0 aliphatic rings. The van der Waals surface area contributed by atoms with Crippen LogP contribution < -0.4 is 4.74 Å². The Kier molecular flexibility index (Phi) is 4.04. The topological polar surface area (TPSA) is 29.5 Å². The molecule has 0 heterocycles. The van der Waals surface area contributed by atoms with Gasteiger partial charge in [-0.1, -0.05) is 40.2 Å². The average Bonchev–Trinajstić information content (AvgIpc) is 2.38. The van der Waals surface area contributed by atoms with Crippen molar-refractivity contribution in [3.8, 4) is 5.75 Å². The highest BCUT2D eigenvalue weighted by Crippen LogP contribution is 2.30. The van der Waals surface area contributed by atoms with E-state index >= 15 is 0 Å². The van der Waals surface area contributed by atoms with Crippen molar-refractivity contribution in [2.45, 2.75) is 13.0 Å². The smallest absolute Gasteiger partial charge is 0.121 e. The predicted molar refractivity (Wildman–Crippen MR) is 75.9 cm³/mol. The molecule has 0 amide bonds. The molecule has 94 valence electrons. The quantitative estimate of drug-likeness (QED) is 0.933. The summed E-state index contributed by atoms with van der Waals surface area (Å²) in [5.41, 5.74) is 2.74. The summed E-state index contributed by atoms with van der Waals surface area (Å²) in [5.74, 6) is 0.832.